The summed E-state index contributed by atoms with van der Waals surface area (Å²) in [6, 6.07) is 14.2. The highest BCUT2D eigenvalue weighted by Crippen LogP contribution is 2.29. The predicted octanol–water partition coefficient (Wildman–Crippen LogP) is 3.84. The molecule has 0 aliphatic heterocycles. The number of methoxy groups -OCH3 is 1. The minimum atomic E-state index is -4.38. The fraction of sp³-hybridized carbons (Fsp3) is 0.250. The molecule has 0 aliphatic carbocycles. The van der Waals surface area contributed by atoms with Gasteiger partial charge >= 0.3 is 6.18 Å². The third-order valence-electron chi connectivity index (χ3n) is 4.09. The third-order valence-corrected chi connectivity index (χ3v) is 5.02. The highest BCUT2D eigenvalue weighted by molar-refractivity contribution is 7.99. The maximum absolute atomic E-state index is 12.6. The van der Waals surface area contributed by atoms with Gasteiger partial charge in [0.1, 0.15) is 6.61 Å². The molecule has 1 amide bonds. The van der Waals surface area contributed by atoms with Crippen molar-refractivity contribution in [3.63, 3.8) is 0 Å². The molecule has 3 rings (SSSR count). The molecule has 30 heavy (non-hydrogen) atoms. The number of carbonyl (C=O) groups excluding carboxylic acids is 1. The van der Waals surface area contributed by atoms with E-state index >= 15 is 0 Å². The quantitative estimate of drug-likeness (QED) is 0.544. The van der Waals surface area contributed by atoms with Gasteiger partial charge in [0.25, 0.3) is 0 Å². The normalized spacial score (nSPS) is 11.5. The number of alkyl halides is 3. The molecule has 1 heterocycles. The minimum Gasteiger partial charge on any atom is -0.377 e. The van der Waals surface area contributed by atoms with Crippen LogP contribution in [0.5, 0.6) is 0 Å². The zero-order valence-electron chi connectivity index (χ0n) is 16.0. The number of para-hydroxylation sites is 1. The van der Waals surface area contributed by atoms with Crippen molar-refractivity contribution in [1.29, 1.82) is 0 Å². The molecule has 0 aliphatic rings. The second-order valence-electron chi connectivity index (χ2n) is 6.26. The first-order valence-electron chi connectivity index (χ1n) is 8.93. The van der Waals surface area contributed by atoms with Crippen LogP contribution in [0, 0.1) is 0 Å². The van der Waals surface area contributed by atoms with Crippen LogP contribution in [-0.2, 0) is 28.9 Å². The number of carbonyl (C=O) groups is 1. The Morgan fingerprint density at radius 3 is 2.43 bits per heavy atom. The van der Waals surface area contributed by atoms with E-state index in [1.54, 1.807) is 7.11 Å². The van der Waals surface area contributed by atoms with Crippen molar-refractivity contribution >= 4 is 17.7 Å². The maximum atomic E-state index is 12.6. The molecule has 2 aromatic carbocycles. The van der Waals surface area contributed by atoms with Gasteiger partial charge in [-0.2, -0.15) is 13.2 Å². The molecular weight excluding hydrogens is 417 g/mol. The van der Waals surface area contributed by atoms with Gasteiger partial charge in [-0.1, -0.05) is 42.1 Å². The van der Waals surface area contributed by atoms with Crippen molar-refractivity contribution in [2.24, 2.45) is 0 Å². The van der Waals surface area contributed by atoms with Gasteiger partial charge in [0.15, 0.2) is 11.0 Å². The van der Waals surface area contributed by atoms with E-state index in [0.29, 0.717) is 16.5 Å². The van der Waals surface area contributed by atoms with Crippen LogP contribution in [0.1, 0.15) is 17.0 Å². The second-order valence-corrected chi connectivity index (χ2v) is 7.21. The van der Waals surface area contributed by atoms with Gasteiger partial charge in [-0.05, 0) is 29.8 Å². The van der Waals surface area contributed by atoms with Gasteiger partial charge in [-0.3, -0.25) is 9.36 Å². The molecule has 0 bridgehead atoms. The van der Waals surface area contributed by atoms with Crippen LogP contribution in [0.15, 0.2) is 59.8 Å². The molecule has 6 nitrogen and oxygen atoms in total. The topological polar surface area (TPSA) is 69.0 Å². The molecule has 1 aromatic heterocycles. The Morgan fingerprint density at radius 1 is 1.10 bits per heavy atom. The lowest BCUT2D eigenvalue weighted by molar-refractivity contribution is -0.137. The molecule has 0 saturated carbocycles. The summed E-state index contributed by atoms with van der Waals surface area (Å²) in [5, 5.41) is 11.5. The average molecular weight is 436 g/mol. The summed E-state index contributed by atoms with van der Waals surface area (Å²) in [6.45, 7) is 0.403. The number of halogens is 3. The molecule has 0 saturated heterocycles. The number of nitrogens with zero attached hydrogens (tertiary/aromatic N) is 3. The Bertz CT molecular complexity index is 976. The van der Waals surface area contributed by atoms with Gasteiger partial charge in [0, 0.05) is 19.3 Å². The molecule has 3 aromatic rings. The first-order valence-corrected chi connectivity index (χ1v) is 9.91. The van der Waals surface area contributed by atoms with E-state index in [1.807, 2.05) is 34.9 Å². The molecular formula is C20H19F3N4O2S. The Hall–Kier alpha value is -2.85. The summed E-state index contributed by atoms with van der Waals surface area (Å²) in [6.07, 6.45) is -4.38. The number of nitrogens with one attached hydrogen (secondary N) is 1. The van der Waals surface area contributed by atoms with Crippen LogP contribution in [0.3, 0.4) is 0 Å². The number of aromatic nitrogens is 3. The van der Waals surface area contributed by atoms with Crippen LogP contribution in [0.25, 0.3) is 5.69 Å². The Balaban J connectivity index is 1.60. The number of hydrogen-bond donors (Lipinski definition) is 1. The van der Waals surface area contributed by atoms with Gasteiger partial charge in [0.2, 0.25) is 5.91 Å². The highest BCUT2D eigenvalue weighted by atomic mass is 32.2. The molecule has 0 unspecified atom stereocenters. The summed E-state index contributed by atoms with van der Waals surface area (Å²) in [5.74, 6) is 0.422. The van der Waals surface area contributed by atoms with Gasteiger partial charge in [0.05, 0.1) is 11.3 Å². The summed E-state index contributed by atoms with van der Waals surface area (Å²) in [5.41, 5.74) is 0.707. The van der Waals surface area contributed by atoms with Gasteiger partial charge < -0.3 is 10.1 Å². The number of rotatable bonds is 8. The highest BCUT2D eigenvalue weighted by Gasteiger charge is 2.29. The molecule has 0 radical (unpaired) electrons. The van der Waals surface area contributed by atoms with Crippen molar-refractivity contribution in [2.75, 3.05) is 12.9 Å². The van der Waals surface area contributed by atoms with Crippen molar-refractivity contribution in [3.8, 4) is 5.69 Å². The Kier molecular flexibility index (Phi) is 7.11. The molecule has 0 spiro atoms. The molecule has 0 atom stereocenters. The van der Waals surface area contributed by atoms with Crippen LogP contribution in [0.2, 0.25) is 0 Å². The lowest BCUT2D eigenvalue weighted by Crippen LogP contribution is -2.24. The van der Waals surface area contributed by atoms with Crippen molar-refractivity contribution < 1.29 is 22.7 Å². The summed E-state index contributed by atoms with van der Waals surface area (Å²) < 4.78 is 44.8. The van der Waals surface area contributed by atoms with Crippen LogP contribution in [0.4, 0.5) is 13.2 Å². The lowest BCUT2D eigenvalue weighted by Gasteiger charge is -2.10. The monoisotopic (exact) mass is 436 g/mol. The number of amides is 1. The van der Waals surface area contributed by atoms with Crippen LogP contribution in [-0.4, -0.2) is 33.5 Å². The summed E-state index contributed by atoms with van der Waals surface area (Å²) >= 11 is 1.21. The fourth-order valence-corrected chi connectivity index (χ4v) is 3.45. The predicted molar refractivity (Wildman–Crippen MR) is 106 cm³/mol. The minimum absolute atomic E-state index is 0.0819. The van der Waals surface area contributed by atoms with E-state index in [9.17, 15) is 18.0 Å². The van der Waals surface area contributed by atoms with Gasteiger partial charge in [-0.15, -0.1) is 10.2 Å². The zero-order chi connectivity index (χ0) is 21.6. The summed E-state index contributed by atoms with van der Waals surface area (Å²) in [4.78, 5) is 12.2. The molecule has 1 N–H and O–H groups in total. The smallest absolute Gasteiger partial charge is 0.377 e. The number of hydrogen-bond acceptors (Lipinski definition) is 5. The summed E-state index contributed by atoms with van der Waals surface area (Å²) in [7, 11) is 1.56. The van der Waals surface area contributed by atoms with Crippen molar-refractivity contribution in [3.05, 3.63) is 71.5 Å². The van der Waals surface area contributed by atoms with Crippen molar-refractivity contribution in [2.45, 2.75) is 24.5 Å². The Morgan fingerprint density at radius 2 is 1.80 bits per heavy atom. The van der Waals surface area contributed by atoms with E-state index in [2.05, 4.69) is 15.5 Å². The molecule has 10 heteroatoms. The van der Waals surface area contributed by atoms with E-state index in [4.69, 9.17) is 4.74 Å². The Labute approximate surface area is 175 Å². The van der Waals surface area contributed by atoms with E-state index in [0.717, 1.165) is 17.8 Å². The standard InChI is InChI=1S/C20H19F3N4O2S/c1-29-12-17-25-26-19(27(17)16-5-3-2-4-6-16)30-13-18(28)24-11-14-7-9-15(10-8-14)20(21,22)23/h2-10H,11-13H2,1H3,(H,24,28). The zero-order valence-corrected chi connectivity index (χ0v) is 16.8. The third kappa shape index (κ3) is 5.61. The average Bonchev–Trinajstić information content (AvgIpc) is 3.14. The van der Waals surface area contributed by atoms with E-state index < -0.39 is 11.7 Å². The van der Waals surface area contributed by atoms with E-state index in [1.165, 1.54) is 23.9 Å². The van der Waals surface area contributed by atoms with Crippen molar-refractivity contribution in [1.82, 2.24) is 20.1 Å². The maximum Gasteiger partial charge on any atom is 0.416 e. The molecule has 158 valence electrons. The van der Waals surface area contributed by atoms with E-state index in [-0.39, 0.29) is 24.8 Å². The number of benzene rings is 2. The number of thioether (sulfide) groups is 1. The molecule has 0 fully saturated rings. The van der Waals surface area contributed by atoms with Gasteiger partial charge in [-0.25, -0.2) is 0 Å². The lowest BCUT2D eigenvalue weighted by atomic mass is 10.1. The SMILES string of the molecule is COCc1nnc(SCC(=O)NCc2ccc(C(F)(F)F)cc2)n1-c1ccccc1. The fourth-order valence-electron chi connectivity index (χ4n) is 2.65. The first kappa shape index (κ1) is 21.8. The number of ether oxygens (including phenoxy) is 1. The first-order chi connectivity index (χ1) is 14.4. The largest absolute Gasteiger partial charge is 0.416 e. The second kappa shape index (κ2) is 9.77. The van der Waals surface area contributed by atoms with Crippen LogP contribution >= 0.6 is 11.8 Å². The van der Waals surface area contributed by atoms with Crippen LogP contribution < -0.4 is 5.32 Å².